The average molecular weight is 348 g/mol. The van der Waals surface area contributed by atoms with Gasteiger partial charge in [-0.1, -0.05) is 18.2 Å². The summed E-state index contributed by atoms with van der Waals surface area (Å²) in [5, 5.41) is 7.66. The quantitative estimate of drug-likeness (QED) is 0.693. The zero-order chi connectivity index (χ0) is 17.9. The summed E-state index contributed by atoms with van der Waals surface area (Å²) in [6.07, 6.45) is 8.61. The van der Waals surface area contributed by atoms with E-state index in [1.165, 1.54) is 11.3 Å². The molecule has 1 aliphatic rings. The lowest BCUT2D eigenvalue weighted by atomic mass is 10.1. The Labute approximate surface area is 153 Å². The van der Waals surface area contributed by atoms with Crippen molar-refractivity contribution < 1.29 is 0 Å². The molecule has 26 heavy (non-hydrogen) atoms. The number of para-hydroxylation sites is 1. The first-order valence-electron chi connectivity index (χ1n) is 9.06. The summed E-state index contributed by atoms with van der Waals surface area (Å²) in [6.45, 7) is 5.01. The van der Waals surface area contributed by atoms with Crippen LogP contribution in [0.5, 0.6) is 0 Å². The Morgan fingerprint density at radius 2 is 1.96 bits per heavy atom. The molecule has 3 heterocycles. The van der Waals surface area contributed by atoms with Crippen LogP contribution in [0.2, 0.25) is 0 Å². The third-order valence-corrected chi connectivity index (χ3v) is 4.88. The maximum absolute atomic E-state index is 4.45. The zero-order valence-corrected chi connectivity index (χ0v) is 15.3. The maximum atomic E-state index is 4.45. The van der Waals surface area contributed by atoms with Crippen molar-refractivity contribution in [3.05, 3.63) is 60.2 Å². The second kappa shape index (κ2) is 7.25. The normalized spacial score (nSPS) is 16.1. The molecule has 1 aromatic carbocycles. The highest BCUT2D eigenvalue weighted by molar-refractivity contribution is 5.59. The minimum Gasteiger partial charge on any atom is -0.367 e. The molecule has 1 atom stereocenters. The van der Waals surface area contributed by atoms with E-state index < -0.39 is 0 Å². The van der Waals surface area contributed by atoms with E-state index in [1.54, 1.807) is 10.9 Å². The van der Waals surface area contributed by atoms with Gasteiger partial charge in [0.1, 0.15) is 0 Å². The molecule has 2 aromatic heterocycles. The molecule has 0 spiro atoms. The lowest BCUT2D eigenvalue weighted by Crippen LogP contribution is -2.35. The van der Waals surface area contributed by atoms with Crippen LogP contribution in [0.3, 0.4) is 0 Å². The van der Waals surface area contributed by atoms with Crippen LogP contribution in [-0.4, -0.2) is 38.9 Å². The van der Waals surface area contributed by atoms with Crippen LogP contribution in [-0.2, 0) is 20.0 Å². The monoisotopic (exact) mass is 348 g/mol. The number of aromatic nitrogens is 4. The van der Waals surface area contributed by atoms with Crippen LogP contribution in [0.4, 0.5) is 5.69 Å². The van der Waals surface area contributed by atoms with E-state index in [-0.39, 0.29) is 0 Å². The van der Waals surface area contributed by atoms with Crippen LogP contribution >= 0.6 is 0 Å². The van der Waals surface area contributed by atoms with Gasteiger partial charge in [0.25, 0.3) is 0 Å². The summed E-state index contributed by atoms with van der Waals surface area (Å²) in [5.41, 5.74) is 4.87. The number of benzene rings is 1. The Hall–Kier alpha value is -2.73. The molecule has 0 saturated heterocycles. The summed E-state index contributed by atoms with van der Waals surface area (Å²) >= 11 is 0. The molecule has 1 aliphatic heterocycles. The van der Waals surface area contributed by atoms with Crippen molar-refractivity contribution in [1.29, 1.82) is 0 Å². The predicted octanol–water partition coefficient (Wildman–Crippen LogP) is 2.42. The minimum atomic E-state index is 0.566. The van der Waals surface area contributed by atoms with Gasteiger partial charge in [-0.25, -0.2) is 9.97 Å². The largest absolute Gasteiger partial charge is 0.367 e. The molecule has 0 bridgehead atoms. The van der Waals surface area contributed by atoms with E-state index in [0.29, 0.717) is 11.9 Å². The molecule has 0 fully saturated rings. The first kappa shape index (κ1) is 16.7. The number of fused-ring (bicyclic) bond motifs is 1. The molecule has 134 valence electrons. The topological polar surface area (TPSA) is 58.9 Å². The summed E-state index contributed by atoms with van der Waals surface area (Å²) in [6, 6.07) is 9.28. The second-order valence-corrected chi connectivity index (χ2v) is 6.87. The molecule has 0 aliphatic carbocycles. The standard InChI is InChI=1S/C20H24N6/c1-15-9-17-5-3-4-6-19(17)26(15)8-7-21-10-16-11-22-20(23-12-16)18-13-24-25(2)14-18/h3-6,11-15,21H,7-10H2,1-2H3. The van der Waals surface area contributed by atoms with Crippen molar-refractivity contribution in [1.82, 2.24) is 25.1 Å². The Balaban J connectivity index is 1.29. The van der Waals surface area contributed by atoms with E-state index in [1.807, 2.05) is 25.6 Å². The lowest BCUT2D eigenvalue weighted by Gasteiger charge is -2.25. The SMILES string of the molecule is CC1Cc2ccccc2N1CCNCc1cnc(-c2cnn(C)c2)nc1. The Bertz CT molecular complexity index is 870. The van der Waals surface area contributed by atoms with E-state index in [0.717, 1.165) is 37.2 Å². The highest BCUT2D eigenvalue weighted by Gasteiger charge is 2.24. The molecule has 6 nitrogen and oxygen atoms in total. The third-order valence-electron chi connectivity index (χ3n) is 4.88. The fourth-order valence-electron chi connectivity index (χ4n) is 3.53. The smallest absolute Gasteiger partial charge is 0.162 e. The van der Waals surface area contributed by atoms with E-state index in [2.05, 4.69) is 56.5 Å². The molecular weight excluding hydrogens is 324 g/mol. The van der Waals surface area contributed by atoms with Crippen LogP contribution in [0.1, 0.15) is 18.1 Å². The number of anilines is 1. The van der Waals surface area contributed by atoms with Crippen molar-refractivity contribution in [3.63, 3.8) is 0 Å². The van der Waals surface area contributed by atoms with Crippen LogP contribution in [0.15, 0.2) is 49.1 Å². The molecule has 6 heteroatoms. The maximum Gasteiger partial charge on any atom is 0.162 e. The summed E-state index contributed by atoms with van der Waals surface area (Å²) < 4.78 is 1.76. The van der Waals surface area contributed by atoms with Gasteiger partial charge in [-0.2, -0.15) is 5.10 Å². The predicted molar refractivity (Wildman–Crippen MR) is 103 cm³/mol. The molecular formula is C20H24N6. The lowest BCUT2D eigenvalue weighted by molar-refractivity contribution is 0.616. The highest BCUT2D eigenvalue weighted by atomic mass is 15.2. The van der Waals surface area contributed by atoms with Gasteiger partial charge in [-0.3, -0.25) is 4.68 Å². The number of hydrogen-bond donors (Lipinski definition) is 1. The molecule has 0 amide bonds. The summed E-state index contributed by atoms with van der Waals surface area (Å²) in [7, 11) is 1.89. The molecule has 0 radical (unpaired) electrons. The van der Waals surface area contributed by atoms with Gasteiger partial charge < -0.3 is 10.2 Å². The highest BCUT2D eigenvalue weighted by Crippen LogP contribution is 2.31. The van der Waals surface area contributed by atoms with Crippen molar-refractivity contribution >= 4 is 5.69 Å². The number of nitrogens with zero attached hydrogens (tertiary/aromatic N) is 5. The summed E-state index contributed by atoms with van der Waals surface area (Å²) in [4.78, 5) is 11.4. The van der Waals surface area contributed by atoms with Crippen molar-refractivity contribution in [2.75, 3.05) is 18.0 Å². The fraction of sp³-hybridized carbons (Fsp3) is 0.350. The van der Waals surface area contributed by atoms with Gasteiger partial charge in [-0.05, 0) is 25.0 Å². The Morgan fingerprint density at radius 1 is 1.15 bits per heavy atom. The molecule has 0 saturated carbocycles. The third kappa shape index (κ3) is 3.46. The van der Waals surface area contributed by atoms with Crippen molar-refractivity contribution in [2.45, 2.75) is 25.9 Å². The Kier molecular flexibility index (Phi) is 4.67. The molecule has 1 N–H and O–H groups in total. The summed E-state index contributed by atoms with van der Waals surface area (Å²) in [5.74, 6) is 0.712. The number of rotatable bonds is 6. The average Bonchev–Trinajstić information content (AvgIpc) is 3.22. The second-order valence-electron chi connectivity index (χ2n) is 6.87. The van der Waals surface area contributed by atoms with Gasteiger partial charge in [0.15, 0.2) is 5.82 Å². The van der Waals surface area contributed by atoms with Gasteiger partial charge in [0.2, 0.25) is 0 Å². The van der Waals surface area contributed by atoms with E-state index in [4.69, 9.17) is 0 Å². The van der Waals surface area contributed by atoms with Crippen LogP contribution in [0, 0.1) is 0 Å². The van der Waals surface area contributed by atoms with Gasteiger partial charge in [0, 0.05) is 62.6 Å². The molecule has 4 rings (SSSR count). The minimum absolute atomic E-state index is 0.566. The van der Waals surface area contributed by atoms with Crippen LogP contribution in [0.25, 0.3) is 11.4 Å². The van der Waals surface area contributed by atoms with E-state index in [9.17, 15) is 0 Å². The van der Waals surface area contributed by atoms with Gasteiger partial charge in [0.05, 0.1) is 11.8 Å². The number of nitrogens with one attached hydrogen (secondary N) is 1. The number of aryl methyl sites for hydroxylation is 1. The van der Waals surface area contributed by atoms with Gasteiger partial charge in [-0.15, -0.1) is 0 Å². The fourth-order valence-corrected chi connectivity index (χ4v) is 3.53. The first-order valence-corrected chi connectivity index (χ1v) is 9.06. The van der Waals surface area contributed by atoms with Crippen molar-refractivity contribution in [3.8, 4) is 11.4 Å². The van der Waals surface area contributed by atoms with Gasteiger partial charge >= 0.3 is 0 Å². The molecule has 1 unspecified atom stereocenters. The van der Waals surface area contributed by atoms with Crippen molar-refractivity contribution in [2.24, 2.45) is 7.05 Å². The Morgan fingerprint density at radius 3 is 2.73 bits per heavy atom. The zero-order valence-electron chi connectivity index (χ0n) is 15.3. The van der Waals surface area contributed by atoms with E-state index >= 15 is 0 Å². The number of hydrogen-bond acceptors (Lipinski definition) is 5. The first-order chi connectivity index (χ1) is 12.7. The van der Waals surface area contributed by atoms with Crippen LogP contribution < -0.4 is 10.2 Å². The molecule has 3 aromatic rings.